The predicted octanol–water partition coefficient (Wildman–Crippen LogP) is 1.60. The summed E-state index contributed by atoms with van der Waals surface area (Å²) in [6, 6.07) is 3.82. The van der Waals surface area contributed by atoms with Gasteiger partial charge in [0.25, 0.3) is 0 Å². The molecule has 0 aliphatic heterocycles. The lowest BCUT2D eigenvalue weighted by molar-refractivity contribution is -0.111. The average Bonchev–Trinajstić information content (AvgIpc) is 2.17. The summed E-state index contributed by atoms with van der Waals surface area (Å²) in [6.07, 6.45) is 2.89. The third kappa shape index (κ3) is 2.84. The van der Waals surface area contributed by atoms with Gasteiger partial charge in [-0.1, -0.05) is 6.08 Å². The maximum atomic E-state index is 11.1. The number of carboxylic acid groups (broad SMARTS) is 1. The van der Waals surface area contributed by atoms with Crippen molar-refractivity contribution in [3.05, 3.63) is 35.9 Å². The van der Waals surface area contributed by atoms with Gasteiger partial charge in [-0.05, 0) is 25.1 Å². The maximum Gasteiger partial charge on any atom is 0.339 e. The molecule has 1 amide bonds. The zero-order chi connectivity index (χ0) is 12.1. The quantitative estimate of drug-likeness (QED) is 0.676. The summed E-state index contributed by atoms with van der Waals surface area (Å²) < 4.78 is 0. The van der Waals surface area contributed by atoms with Gasteiger partial charge in [-0.2, -0.15) is 0 Å². The summed E-state index contributed by atoms with van der Waals surface area (Å²) >= 11 is 0. The van der Waals surface area contributed by atoms with E-state index in [9.17, 15) is 14.7 Å². The summed E-state index contributed by atoms with van der Waals surface area (Å²) in [7, 11) is 0. The second kappa shape index (κ2) is 4.97. The lowest BCUT2D eigenvalue weighted by Gasteiger charge is -2.04. The molecule has 0 bridgehead atoms. The summed E-state index contributed by atoms with van der Waals surface area (Å²) in [5.41, 5.74) is 0.134. The van der Waals surface area contributed by atoms with Gasteiger partial charge in [-0.15, -0.1) is 0 Å². The highest BCUT2D eigenvalue weighted by atomic mass is 16.4. The van der Waals surface area contributed by atoms with Crippen LogP contribution in [0.25, 0.3) is 0 Å². The van der Waals surface area contributed by atoms with Crippen LogP contribution in [-0.2, 0) is 4.79 Å². The Labute approximate surface area is 92.0 Å². The number of rotatable bonds is 3. The van der Waals surface area contributed by atoms with E-state index >= 15 is 0 Å². The summed E-state index contributed by atoms with van der Waals surface area (Å²) in [6.45, 7) is 1.70. The van der Waals surface area contributed by atoms with E-state index in [-0.39, 0.29) is 17.2 Å². The van der Waals surface area contributed by atoms with Gasteiger partial charge in [0.15, 0.2) is 0 Å². The normalized spacial score (nSPS) is 10.3. The molecule has 16 heavy (non-hydrogen) atoms. The number of carbonyl (C=O) groups excluding carboxylic acids is 1. The molecule has 0 saturated heterocycles. The van der Waals surface area contributed by atoms with Crippen LogP contribution in [0, 0.1) is 0 Å². The number of amides is 1. The standard InChI is InChI=1S/C11H11NO4/c1-2-3-10(14)12-7-4-5-8(11(15)16)9(13)6-7/h2-6,13H,1H3,(H,12,14)(H,15,16)/b3-2+. The van der Waals surface area contributed by atoms with Crippen molar-refractivity contribution >= 4 is 17.6 Å². The van der Waals surface area contributed by atoms with Gasteiger partial charge in [0.1, 0.15) is 11.3 Å². The van der Waals surface area contributed by atoms with Crippen molar-refractivity contribution in [3.8, 4) is 5.75 Å². The molecule has 0 aliphatic carbocycles. The molecule has 0 atom stereocenters. The minimum absolute atomic E-state index is 0.205. The second-order valence-electron chi connectivity index (χ2n) is 3.03. The van der Waals surface area contributed by atoms with E-state index in [1.165, 1.54) is 24.3 Å². The number of benzene rings is 1. The Kier molecular flexibility index (Phi) is 3.66. The first-order valence-corrected chi connectivity index (χ1v) is 4.54. The molecule has 0 aromatic heterocycles. The molecule has 0 unspecified atom stereocenters. The third-order valence-electron chi connectivity index (χ3n) is 1.81. The molecule has 3 N–H and O–H groups in total. The minimum Gasteiger partial charge on any atom is -0.507 e. The average molecular weight is 221 g/mol. The SMILES string of the molecule is C/C=C/C(=O)Nc1ccc(C(=O)O)c(O)c1. The fourth-order valence-electron chi connectivity index (χ4n) is 1.13. The van der Waals surface area contributed by atoms with E-state index in [4.69, 9.17) is 5.11 Å². The van der Waals surface area contributed by atoms with Crippen molar-refractivity contribution in [1.82, 2.24) is 0 Å². The molecule has 0 heterocycles. The number of hydrogen-bond donors (Lipinski definition) is 3. The third-order valence-corrected chi connectivity index (χ3v) is 1.81. The number of hydrogen-bond acceptors (Lipinski definition) is 3. The Bertz CT molecular complexity index is 451. The van der Waals surface area contributed by atoms with Gasteiger partial charge >= 0.3 is 5.97 Å². The Hall–Kier alpha value is -2.30. The minimum atomic E-state index is -1.22. The lowest BCUT2D eigenvalue weighted by atomic mass is 10.2. The highest BCUT2D eigenvalue weighted by Gasteiger charge is 2.09. The van der Waals surface area contributed by atoms with E-state index in [2.05, 4.69) is 5.32 Å². The van der Waals surface area contributed by atoms with Gasteiger partial charge in [0.05, 0.1) is 0 Å². The largest absolute Gasteiger partial charge is 0.507 e. The number of nitrogens with one attached hydrogen (secondary N) is 1. The molecular formula is C11H11NO4. The molecule has 0 fully saturated rings. The van der Waals surface area contributed by atoms with Crippen molar-refractivity contribution in [3.63, 3.8) is 0 Å². The maximum absolute atomic E-state index is 11.1. The fourth-order valence-corrected chi connectivity index (χ4v) is 1.13. The van der Waals surface area contributed by atoms with E-state index in [0.29, 0.717) is 5.69 Å². The van der Waals surface area contributed by atoms with Crippen LogP contribution in [0.5, 0.6) is 5.75 Å². The van der Waals surface area contributed by atoms with Crippen molar-refractivity contribution < 1.29 is 19.8 Å². The topological polar surface area (TPSA) is 86.6 Å². The molecule has 0 saturated carbocycles. The van der Waals surface area contributed by atoms with E-state index in [0.717, 1.165) is 0 Å². The van der Waals surface area contributed by atoms with Gasteiger partial charge < -0.3 is 15.5 Å². The van der Waals surface area contributed by atoms with Crippen molar-refractivity contribution in [2.75, 3.05) is 5.32 Å². The van der Waals surface area contributed by atoms with Crippen LogP contribution in [0.1, 0.15) is 17.3 Å². The molecule has 84 valence electrons. The molecule has 1 rings (SSSR count). The van der Waals surface area contributed by atoms with Crippen LogP contribution < -0.4 is 5.32 Å². The fraction of sp³-hybridized carbons (Fsp3) is 0.0909. The Morgan fingerprint density at radius 3 is 2.56 bits per heavy atom. The van der Waals surface area contributed by atoms with Crippen molar-refractivity contribution in [2.45, 2.75) is 6.92 Å². The molecule has 5 nitrogen and oxygen atoms in total. The number of aromatic hydroxyl groups is 1. The lowest BCUT2D eigenvalue weighted by Crippen LogP contribution is -2.08. The molecule has 1 aromatic carbocycles. The molecule has 0 spiro atoms. The molecule has 1 aromatic rings. The smallest absolute Gasteiger partial charge is 0.339 e. The van der Waals surface area contributed by atoms with E-state index < -0.39 is 5.97 Å². The molecule has 5 heteroatoms. The monoisotopic (exact) mass is 221 g/mol. The Morgan fingerprint density at radius 2 is 2.06 bits per heavy atom. The van der Waals surface area contributed by atoms with Crippen molar-refractivity contribution in [1.29, 1.82) is 0 Å². The second-order valence-corrected chi connectivity index (χ2v) is 3.03. The van der Waals surface area contributed by atoms with Crippen LogP contribution in [-0.4, -0.2) is 22.1 Å². The zero-order valence-electron chi connectivity index (χ0n) is 8.60. The first kappa shape index (κ1) is 11.8. The van der Waals surface area contributed by atoms with Gasteiger partial charge in [-0.3, -0.25) is 4.79 Å². The van der Waals surface area contributed by atoms with Crippen LogP contribution >= 0.6 is 0 Å². The predicted molar refractivity (Wildman–Crippen MR) is 58.5 cm³/mol. The molecular weight excluding hydrogens is 210 g/mol. The first-order valence-electron chi connectivity index (χ1n) is 4.54. The number of anilines is 1. The van der Waals surface area contributed by atoms with Gasteiger partial charge in [-0.25, -0.2) is 4.79 Å². The summed E-state index contributed by atoms with van der Waals surface area (Å²) in [5, 5.41) is 20.5. The number of allylic oxidation sites excluding steroid dienone is 1. The highest BCUT2D eigenvalue weighted by Crippen LogP contribution is 2.21. The first-order chi connectivity index (χ1) is 7.54. The van der Waals surface area contributed by atoms with Crippen LogP contribution in [0.15, 0.2) is 30.4 Å². The van der Waals surface area contributed by atoms with Crippen LogP contribution in [0.2, 0.25) is 0 Å². The zero-order valence-corrected chi connectivity index (χ0v) is 8.60. The summed E-state index contributed by atoms with van der Waals surface area (Å²) in [4.78, 5) is 21.7. The summed E-state index contributed by atoms with van der Waals surface area (Å²) in [5.74, 6) is -1.94. The number of aromatic carboxylic acids is 1. The van der Waals surface area contributed by atoms with Crippen LogP contribution in [0.4, 0.5) is 5.69 Å². The number of phenols is 1. The van der Waals surface area contributed by atoms with Crippen LogP contribution in [0.3, 0.4) is 0 Å². The van der Waals surface area contributed by atoms with E-state index in [1.54, 1.807) is 13.0 Å². The highest BCUT2D eigenvalue weighted by molar-refractivity contribution is 6.00. The molecule has 0 radical (unpaired) electrons. The Balaban J connectivity index is 2.89. The van der Waals surface area contributed by atoms with Gasteiger partial charge in [0, 0.05) is 11.8 Å². The number of carboxylic acids is 1. The van der Waals surface area contributed by atoms with Gasteiger partial charge in [0.2, 0.25) is 5.91 Å². The Morgan fingerprint density at radius 1 is 1.38 bits per heavy atom. The van der Waals surface area contributed by atoms with E-state index in [1.807, 2.05) is 0 Å². The number of carbonyl (C=O) groups is 2. The van der Waals surface area contributed by atoms with Crippen molar-refractivity contribution in [2.24, 2.45) is 0 Å². The molecule has 0 aliphatic rings.